The van der Waals surface area contributed by atoms with E-state index in [0.717, 1.165) is 6.42 Å². The molecule has 0 bridgehead atoms. The molecule has 0 aromatic heterocycles. The predicted molar refractivity (Wildman–Crippen MR) is 74.9 cm³/mol. The van der Waals surface area contributed by atoms with E-state index < -0.39 is 14.9 Å². The van der Waals surface area contributed by atoms with Crippen LogP contribution < -0.4 is 4.74 Å². The van der Waals surface area contributed by atoms with Crippen molar-refractivity contribution in [3.05, 3.63) is 29.0 Å². The molecule has 108 valence electrons. The predicted octanol–water partition coefficient (Wildman–Crippen LogP) is 3.84. The molecule has 0 saturated heterocycles. The molecule has 1 atom stereocenters. The summed E-state index contributed by atoms with van der Waals surface area (Å²) in [5.74, 6) is -1.09. The van der Waals surface area contributed by atoms with Crippen molar-refractivity contribution < 1.29 is 17.5 Å². The molecular formula is C12H15Cl2FO3S. The third-order valence-electron chi connectivity index (χ3n) is 2.52. The fourth-order valence-electron chi connectivity index (χ4n) is 1.71. The first-order chi connectivity index (χ1) is 8.83. The van der Waals surface area contributed by atoms with Gasteiger partial charge >= 0.3 is 0 Å². The molecule has 1 unspecified atom stereocenters. The average molecular weight is 329 g/mol. The fourth-order valence-corrected chi connectivity index (χ4v) is 3.23. The molecule has 0 aliphatic heterocycles. The molecule has 1 rings (SSSR count). The highest BCUT2D eigenvalue weighted by atomic mass is 35.7. The minimum Gasteiger partial charge on any atom is -0.490 e. The van der Waals surface area contributed by atoms with Gasteiger partial charge in [-0.25, -0.2) is 12.8 Å². The molecule has 19 heavy (non-hydrogen) atoms. The first-order valence-corrected chi connectivity index (χ1v) is 8.68. The lowest BCUT2D eigenvalue weighted by atomic mass is 10.1. The van der Waals surface area contributed by atoms with Gasteiger partial charge in [0, 0.05) is 16.6 Å². The Morgan fingerprint density at radius 3 is 2.68 bits per heavy atom. The molecular weight excluding hydrogens is 314 g/mol. The number of benzene rings is 1. The zero-order valence-corrected chi connectivity index (χ0v) is 12.7. The van der Waals surface area contributed by atoms with Crippen molar-refractivity contribution in [2.45, 2.75) is 19.8 Å². The third-order valence-corrected chi connectivity index (χ3v) is 4.06. The Hall–Kier alpha value is -0.520. The molecule has 0 fully saturated rings. The molecule has 0 radical (unpaired) electrons. The van der Waals surface area contributed by atoms with Crippen LogP contribution in [0, 0.1) is 11.7 Å². The van der Waals surface area contributed by atoms with E-state index in [1.54, 1.807) is 6.07 Å². The van der Waals surface area contributed by atoms with Crippen molar-refractivity contribution >= 4 is 31.3 Å². The van der Waals surface area contributed by atoms with E-state index in [2.05, 4.69) is 0 Å². The quantitative estimate of drug-likeness (QED) is 0.714. The van der Waals surface area contributed by atoms with Gasteiger partial charge in [-0.3, -0.25) is 0 Å². The zero-order chi connectivity index (χ0) is 14.5. The van der Waals surface area contributed by atoms with Crippen LogP contribution in [0.1, 0.15) is 19.8 Å². The summed E-state index contributed by atoms with van der Waals surface area (Å²) in [5.41, 5.74) is 0. The van der Waals surface area contributed by atoms with Crippen molar-refractivity contribution in [3.63, 3.8) is 0 Å². The highest BCUT2D eigenvalue weighted by Crippen LogP contribution is 2.25. The summed E-state index contributed by atoms with van der Waals surface area (Å²) in [4.78, 5) is 0. The van der Waals surface area contributed by atoms with Crippen molar-refractivity contribution in [2.24, 2.45) is 5.92 Å². The Labute approximate surface area is 122 Å². The standard InChI is InChI=1S/C12H15Cl2FO3S/c1-2-4-9(8-19(14,16)17)7-18-11-6-3-5-10(13)12(11)15/h3,5-6,9H,2,4,7-8H2,1H3. The van der Waals surface area contributed by atoms with Gasteiger partial charge in [-0.2, -0.15) is 0 Å². The lowest BCUT2D eigenvalue weighted by Crippen LogP contribution is -2.20. The first kappa shape index (κ1) is 16.5. The van der Waals surface area contributed by atoms with E-state index in [1.165, 1.54) is 12.1 Å². The van der Waals surface area contributed by atoms with Crippen LogP contribution >= 0.6 is 22.3 Å². The van der Waals surface area contributed by atoms with Crippen LogP contribution in [0.4, 0.5) is 4.39 Å². The normalized spacial score (nSPS) is 13.3. The largest absolute Gasteiger partial charge is 0.490 e. The van der Waals surface area contributed by atoms with E-state index in [9.17, 15) is 12.8 Å². The third kappa shape index (κ3) is 5.97. The van der Waals surface area contributed by atoms with Gasteiger partial charge in [0.05, 0.1) is 17.4 Å². The maximum absolute atomic E-state index is 13.6. The monoisotopic (exact) mass is 328 g/mol. The molecule has 3 nitrogen and oxygen atoms in total. The molecule has 7 heteroatoms. The maximum atomic E-state index is 13.6. The fraction of sp³-hybridized carbons (Fsp3) is 0.500. The SMILES string of the molecule is CCCC(COc1cccc(Cl)c1F)CS(=O)(=O)Cl. The number of hydrogen-bond donors (Lipinski definition) is 0. The topological polar surface area (TPSA) is 43.4 Å². The summed E-state index contributed by atoms with van der Waals surface area (Å²) < 4.78 is 41.0. The zero-order valence-electron chi connectivity index (χ0n) is 10.4. The number of halogens is 3. The second kappa shape index (κ2) is 7.31. The molecule has 0 N–H and O–H groups in total. The average Bonchev–Trinajstić information content (AvgIpc) is 2.29. The second-order valence-corrected chi connectivity index (χ2v) is 7.45. The van der Waals surface area contributed by atoms with E-state index >= 15 is 0 Å². The Morgan fingerprint density at radius 1 is 1.42 bits per heavy atom. The maximum Gasteiger partial charge on any atom is 0.232 e. The Bertz CT molecular complexity index is 520. The summed E-state index contributed by atoms with van der Waals surface area (Å²) in [6.07, 6.45) is 1.42. The van der Waals surface area contributed by atoms with Crippen LogP contribution in [0.3, 0.4) is 0 Å². The molecule has 1 aromatic carbocycles. The summed E-state index contributed by atoms with van der Waals surface area (Å²) in [7, 11) is 1.63. The van der Waals surface area contributed by atoms with E-state index in [4.69, 9.17) is 27.0 Å². The van der Waals surface area contributed by atoms with Gasteiger partial charge in [0.25, 0.3) is 0 Å². The second-order valence-electron chi connectivity index (χ2n) is 4.22. The summed E-state index contributed by atoms with van der Waals surface area (Å²) >= 11 is 5.62. The smallest absolute Gasteiger partial charge is 0.232 e. The van der Waals surface area contributed by atoms with Crippen LogP contribution in [0.25, 0.3) is 0 Å². The number of ether oxygens (including phenoxy) is 1. The molecule has 0 aliphatic carbocycles. The highest BCUT2D eigenvalue weighted by Gasteiger charge is 2.18. The van der Waals surface area contributed by atoms with Gasteiger partial charge in [0.15, 0.2) is 11.6 Å². The van der Waals surface area contributed by atoms with Crippen LogP contribution in [0.2, 0.25) is 5.02 Å². The lowest BCUT2D eigenvalue weighted by molar-refractivity contribution is 0.243. The van der Waals surface area contributed by atoms with Gasteiger partial charge in [-0.15, -0.1) is 0 Å². The van der Waals surface area contributed by atoms with Crippen LogP contribution in [-0.2, 0) is 9.05 Å². The van der Waals surface area contributed by atoms with Gasteiger partial charge in [0.1, 0.15) is 0 Å². The molecule has 0 amide bonds. The summed E-state index contributed by atoms with van der Waals surface area (Å²) in [6.45, 7) is 2.00. The Kier molecular flexibility index (Phi) is 6.36. The van der Waals surface area contributed by atoms with Crippen molar-refractivity contribution in [1.82, 2.24) is 0 Å². The van der Waals surface area contributed by atoms with Crippen LogP contribution in [-0.4, -0.2) is 20.8 Å². The first-order valence-electron chi connectivity index (χ1n) is 5.82. The molecule has 1 aromatic rings. The molecule has 0 saturated carbocycles. The highest BCUT2D eigenvalue weighted by molar-refractivity contribution is 8.13. The van der Waals surface area contributed by atoms with E-state index in [0.29, 0.717) is 6.42 Å². The summed E-state index contributed by atoms with van der Waals surface area (Å²) in [5, 5.41) is -0.0329. The number of rotatable bonds is 7. The van der Waals surface area contributed by atoms with Gasteiger partial charge in [0.2, 0.25) is 9.05 Å². The van der Waals surface area contributed by atoms with Gasteiger partial charge < -0.3 is 4.74 Å². The van der Waals surface area contributed by atoms with Gasteiger partial charge in [-0.1, -0.05) is 31.0 Å². The minimum absolute atomic E-state index is 0.0144. The van der Waals surface area contributed by atoms with Crippen molar-refractivity contribution in [1.29, 1.82) is 0 Å². The lowest BCUT2D eigenvalue weighted by Gasteiger charge is -2.16. The molecule has 0 heterocycles. The van der Waals surface area contributed by atoms with Crippen molar-refractivity contribution in [3.8, 4) is 5.75 Å². The summed E-state index contributed by atoms with van der Waals surface area (Å²) in [6, 6.07) is 4.42. The van der Waals surface area contributed by atoms with Gasteiger partial charge in [-0.05, 0) is 18.6 Å². The number of hydrogen-bond acceptors (Lipinski definition) is 3. The minimum atomic E-state index is -3.60. The van der Waals surface area contributed by atoms with Crippen molar-refractivity contribution in [2.75, 3.05) is 12.4 Å². The Morgan fingerprint density at radius 2 is 2.11 bits per heavy atom. The van der Waals surface area contributed by atoms with Crippen LogP contribution in [0.15, 0.2) is 18.2 Å². The molecule has 0 aliphatic rings. The van der Waals surface area contributed by atoms with Crippen LogP contribution in [0.5, 0.6) is 5.75 Å². The van der Waals surface area contributed by atoms with E-state index in [-0.39, 0.29) is 29.0 Å². The van der Waals surface area contributed by atoms with E-state index in [1.807, 2.05) is 6.92 Å². The molecule has 0 spiro atoms. The Balaban J connectivity index is 2.68.